The van der Waals surface area contributed by atoms with Crippen LogP contribution in [0.1, 0.15) is 33.1 Å². The number of halogens is 1. The highest BCUT2D eigenvalue weighted by atomic mass is 35.5. The van der Waals surface area contributed by atoms with Gasteiger partial charge in [-0.05, 0) is 28.8 Å². The fourth-order valence-electron chi connectivity index (χ4n) is 2.77. The van der Waals surface area contributed by atoms with Crippen molar-refractivity contribution in [2.45, 2.75) is 24.4 Å². The van der Waals surface area contributed by atoms with E-state index in [1.807, 2.05) is 36.4 Å². The number of carbonyl (C=O) groups is 1. The Labute approximate surface area is 128 Å². The van der Waals surface area contributed by atoms with E-state index in [0.29, 0.717) is 17.9 Å². The van der Waals surface area contributed by atoms with Crippen molar-refractivity contribution in [3.63, 3.8) is 0 Å². The van der Waals surface area contributed by atoms with Crippen LogP contribution in [0.3, 0.4) is 0 Å². The molecule has 0 saturated carbocycles. The largest absolute Gasteiger partial charge is 0.390 e. The predicted molar refractivity (Wildman–Crippen MR) is 82.4 cm³/mol. The highest BCUT2D eigenvalue weighted by Gasteiger charge is 2.31. The molecule has 2 atom stereocenters. The van der Waals surface area contributed by atoms with Crippen LogP contribution in [0.25, 0.3) is 0 Å². The first-order valence-electron chi connectivity index (χ1n) is 6.90. The van der Waals surface area contributed by atoms with Gasteiger partial charge in [-0.15, -0.1) is 11.6 Å². The Bertz CT molecular complexity index is 671. The second-order valence-corrected chi connectivity index (χ2v) is 5.52. The second kappa shape index (κ2) is 5.88. The minimum absolute atomic E-state index is 0.192. The van der Waals surface area contributed by atoms with E-state index in [9.17, 15) is 9.90 Å². The molecule has 1 aliphatic rings. The van der Waals surface area contributed by atoms with Gasteiger partial charge in [-0.2, -0.15) is 0 Å². The summed E-state index contributed by atoms with van der Waals surface area (Å²) < 4.78 is 0. The van der Waals surface area contributed by atoms with E-state index in [0.717, 1.165) is 16.7 Å². The summed E-state index contributed by atoms with van der Waals surface area (Å²) in [4.78, 5) is 12.4. The first-order valence-corrected chi connectivity index (χ1v) is 7.44. The van der Waals surface area contributed by atoms with Crippen molar-refractivity contribution in [3.8, 4) is 0 Å². The number of fused-ring (bicyclic) bond motifs is 1. The molecule has 0 unspecified atom stereocenters. The Morgan fingerprint density at radius 2 is 2.05 bits per heavy atom. The fraction of sp³-hybridized carbons (Fsp3) is 0.235. The topological polar surface area (TPSA) is 49.3 Å². The lowest BCUT2D eigenvalue weighted by molar-refractivity contribution is 0.0858. The molecule has 2 aromatic carbocycles. The molecule has 0 aromatic heterocycles. The van der Waals surface area contributed by atoms with Crippen LogP contribution in [0, 0.1) is 0 Å². The number of carbonyl (C=O) groups excluding carboxylic acids is 1. The third-order valence-electron chi connectivity index (χ3n) is 3.83. The van der Waals surface area contributed by atoms with E-state index < -0.39 is 6.10 Å². The molecule has 0 radical (unpaired) electrons. The maximum absolute atomic E-state index is 12.4. The number of hydrogen-bond acceptors (Lipinski definition) is 2. The molecule has 0 heterocycles. The second-order valence-electron chi connectivity index (χ2n) is 5.26. The smallest absolute Gasteiger partial charge is 0.251 e. The van der Waals surface area contributed by atoms with E-state index in [-0.39, 0.29) is 11.9 Å². The normalized spacial score (nSPS) is 20.1. The van der Waals surface area contributed by atoms with Gasteiger partial charge in [0.05, 0.1) is 12.1 Å². The molecule has 3 nitrogen and oxygen atoms in total. The van der Waals surface area contributed by atoms with Gasteiger partial charge in [0.1, 0.15) is 0 Å². The molecule has 21 heavy (non-hydrogen) atoms. The zero-order chi connectivity index (χ0) is 14.8. The van der Waals surface area contributed by atoms with Crippen LogP contribution in [0.15, 0.2) is 48.5 Å². The third-order valence-corrected chi connectivity index (χ3v) is 4.14. The number of hydrogen-bond donors (Lipinski definition) is 2. The van der Waals surface area contributed by atoms with Crippen LogP contribution in [0.5, 0.6) is 0 Å². The third kappa shape index (κ3) is 2.80. The molecule has 3 rings (SSSR count). The van der Waals surface area contributed by atoms with E-state index in [2.05, 4.69) is 5.32 Å². The number of aliphatic hydroxyl groups is 1. The summed E-state index contributed by atoms with van der Waals surface area (Å²) in [7, 11) is 0. The van der Waals surface area contributed by atoms with Gasteiger partial charge in [-0.25, -0.2) is 0 Å². The molecule has 4 heteroatoms. The zero-order valence-corrected chi connectivity index (χ0v) is 12.2. The summed E-state index contributed by atoms with van der Waals surface area (Å²) in [5.41, 5.74) is 3.54. The van der Waals surface area contributed by atoms with Crippen molar-refractivity contribution in [3.05, 3.63) is 70.8 Å². The Kier molecular flexibility index (Phi) is 3.95. The van der Waals surface area contributed by atoms with Gasteiger partial charge in [0.2, 0.25) is 0 Å². The van der Waals surface area contributed by atoms with Crippen LogP contribution in [0.2, 0.25) is 0 Å². The van der Waals surface area contributed by atoms with Crippen molar-refractivity contribution in [1.29, 1.82) is 0 Å². The SMILES string of the molecule is O=C(N[C@H]1c2ccccc2C[C@H]1O)c1cccc(CCl)c1. The monoisotopic (exact) mass is 301 g/mol. The molecular weight excluding hydrogens is 286 g/mol. The number of nitrogens with one attached hydrogen (secondary N) is 1. The van der Waals surface area contributed by atoms with Crippen LogP contribution in [-0.4, -0.2) is 17.1 Å². The van der Waals surface area contributed by atoms with Crippen LogP contribution >= 0.6 is 11.6 Å². The number of amides is 1. The highest BCUT2D eigenvalue weighted by Crippen LogP contribution is 2.31. The minimum Gasteiger partial charge on any atom is -0.390 e. The lowest BCUT2D eigenvalue weighted by atomic mass is 10.1. The average molecular weight is 302 g/mol. The summed E-state index contributed by atoms with van der Waals surface area (Å²) in [5.74, 6) is 0.179. The highest BCUT2D eigenvalue weighted by molar-refractivity contribution is 6.17. The average Bonchev–Trinajstić information content (AvgIpc) is 2.83. The van der Waals surface area contributed by atoms with Gasteiger partial charge in [-0.1, -0.05) is 36.4 Å². The first kappa shape index (κ1) is 14.1. The molecule has 1 aliphatic carbocycles. The van der Waals surface area contributed by atoms with Gasteiger partial charge < -0.3 is 10.4 Å². The predicted octanol–water partition coefficient (Wildman–Crippen LogP) is 2.81. The summed E-state index contributed by atoms with van der Waals surface area (Å²) >= 11 is 5.79. The molecular formula is C17H16ClNO2. The Balaban J connectivity index is 1.81. The Morgan fingerprint density at radius 3 is 2.86 bits per heavy atom. The lowest BCUT2D eigenvalue weighted by Crippen LogP contribution is -2.33. The fourth-order valence-corrected chi connectivity index (χ4v) is 2.93. The van der Waals surface area contributed by atoms with E-state index in [1.165, 1.54) is 0 Å². The molecule has 0 spiro atoms. The molecule has 1 amide bonds. The van der Waals surface area contributed by atoms with Gasteiger partial charge in [0, 0.05) is 17.9 Å². The Hall–Kier alpha value is -1.84. The quantitative estimate of drug-likeness (QED) is 0.857. The number of rotatable bonds is 3. The number of aliphatic hydroxyl groups excluding tert-OH is 1. The van der Waals surface area contributed by atoms with Gasteiger partial charge in [0.15, 0.2) is 0 Å². The maximum Gasteiger partial charge on any atom is 0.251 e. The van der Waals surface area contributed by atoms with Gasteiger partial charge in [0.25, 0.3) is 5.91 Å². The number of alkyl halides is 1. The van der Waals surface area contributed by atoms with Crippen molar-refractivity contribution >= 4 is 17.5 Å². The van der Waals surface area contributed by atoms with Gasteiger partial charge >= 0.3 is 0 Å². The summed E-state index contributed by atoms with van der Waals surface area (Å²) in [5, 5.41) is 13.1. The standard InChI is InChI=1S/C17H16ClNO2/c18-10-11-4-3-6-13(8-11)17(21)19-16-14-7-2-1-5-12(14)9-15(16)20/h1-8,15-16,20H,9-10H2,(H,19,21)/t15-,16+/m1/s1. The summed E-state index contributed by atoms with van der Waals surface area (Å²) in [6, 6.07) is 14.7. The van der Waals surface area contributed by atoms with E-state index in [1.54, 1.807) is 12.1 Å². The number of benzene rings is 2. The van der Waals surface area contributed by atoms with Crippen LogP contribution < -0.4 is 5.32 Å². The van der Waals surface area contributed by atoms with Crippen molar-refractivity contribution in [1.82, 2.24) is 5.32 Å². The maximum atomic E-state index is 12.4. The van der Waals surface area contributed by atoms with Crippen molar-refractivity contribution in [2.24, 2.45) is 0 Å². The molecule has 0 saturated heterocycles. The van der Waals surface area contributed by atoms with Gasteiger partial charge in [-0.3, -0.25) is 4.79 Å². The lowest BCUT2D eigenvalue weighted by Gasteiger charge is -2.18. The zero-order valence-electron chi connectivity index (χ0n) is 11.4. The first-order chi connectivity index (χ1) is 10.2. The van der Waals surface area contributed by atoms with Crippen molar-refractivity contribution < 1.29 is 9.90 Å². The van der Waals surface area contributed by atoms with Crippen molar-refractivity contribution in [2.75, 3.05) is 0 Å². The summed E-state index contributed by atoms with van der Waals surface area (Å²) in [6.45, 7) is 0. The molecule has 2 N–H and O–H groups in total. The van der Waals surface area contributed by atoms with E-state index in [4.69, 9.17) is 11.6 Å². The Morgan fingerprint density at radius 1 is 1.24 bits per heavy atom. The molecule has 108 valence electrons. The summed E-state index contributed by atoms with van der Waals surface area (Å²) in [6.07, 6.45) is -0.00870. The molecule has 2 aromatic rings. The minimum atomic E-state index is -0.581. The van der Waals surface area contributed by atoms with E-state index >= 15 is 0 Å². The molecule has 0 bridgehead atoms. The van der Waals surface area contributed by atoms with Crippen LogP contribution in [-0.2, 0) is 12.3 Å². The van der Waals surface area contributed by atoms with Crippen LogP contribution in [0.4, 0.5) is 0 Å². The molecule has 0 aliphatic heterocycles. The molecule has 0 fully saturated rings.